The molecule has 5 heteroatoms. The van der Waals surface area contributed by atoms with Gasteiger partial charge in [-0.3, -0.25) is 14.6 Å². The molecular formula is C19H23N3O2. The molecule has 0 bridgehead atoms. The van der Waals surface area contributed by atoms with Crippen molar-refractivity contribution in [2.45, 2.75) is 45.6 Å². The fourth-order valence-corrected chi connectivity index (χ4v) is 3.30. The van der Waals surface area contributed by atoms with Crippen LogP contribution in [-0.2, 0) is 11.2 Å². The van der Waals surface area contributed by atoms with E-state index in [1.165, 1.54) is 0 Å². The van der Waals surface area contributed by atoms with Crippen LogP contribution in [0.5, 0.6) is 0 Å². The number of carbonyl (C=O) groups is 2. The van der Waals surface area contributed by atoms with Crippen molar-refractivity contribution in [2.24, 2.45) is 0 Å². The maximum Gasteiger partial charge on any atom is 0.252 e. The first kappa shape index (κ1) is 16.4. The first-order valence-electron chi connectivity index (χ1n) is 8.58. The zero-order valence-electron chi connectivity index (χ0n) is 14.2. The van der Waals surface area contributed by atoms with Crippen LogP contribution in [0.25, 0.3) is 10.9 Å². The molecule has 1 aliphatic heterocycles. The third-order valence-corrected chi connectivity index (χ3v) is 4.64. The Morgan fingerprint density at radius 3 is 2.92 bits per heavy atom. The predicted octanol–water partition coefficient (Wildman–Crippen LogP) is 2.50. The Kier molecular flexibility index (Phi) is 4.79. The van der Waals surface area contributed by atoms with E-state index < -0.39 is 6.04 Å². The quantitative estimate of drug-likeness (QED) is 0.911. The number of para-hydroxylation sites is 1. The molecule has 1 atom stereocenters. The van der Waals surface area contributed by atoms with Gasteiger partial charge in [0, 0.05) is 17.6 Å². The summed E-state index contributed by atoms with van der Waals surface area (Å²) in [5, 5.41) is 6.62. The summed E-state index contributed by atoms with van der Waals surface area (Å²) in [4.78, 5) is 29.7. The Balaban J connectivity index is 1.99. The highest BCUT2D eigenvalue weighted by Crippen LogP contribution is 2.24. The van der Waals surface area contributed by atoms with Gasteiger partial charge < -0.3 is 10.6 Å². The van der Waals surface area contributed by atoms with Crippen LogP contribution < -0.4 is 10.6 Å². The summed E-state index contributed by atoms with van der Waals surface area (Å²) in [6, 6.07) is 7.20. The fraction of sp³-hybridized carbons (Fsp3) is 0.421. The van der Waals surface area contributed by atoms with Crippen molar-refractivity contribution in [1.29, 1.82) is 0 Å². The number of aromatic nitrogens is 1. The number of pyridine rings is 1. The normalized spacial score (nSPS) is 18.1. The van der Waals surface area contributed by atoms with Gasteiger partial charge in [-0.25, -0.2) is 0 Å². The monoisotopic (exact) mass is 325 g/mol. The Hall–Kier alpha value is -2.43. The van der Waals surface area contributed by atoms with Gasteiger partial charge in [0.25, 0.3) is 5.91 Å². The second-order valence-corrected chi connectivity index (χ2v) is 6.24. The summed E-state index contributed by atoms with van der Waals surface area (Å²) < 4.78 is 0. The van der Waals surface area contributed by atoms with Crippen molar-refractivity contribution in [3.05, 3.63) is 41.1 Å². The molecule has 2 N–H and O–H groups in total. The molecule has 2 amide bonds. The highest BCUT2D eigenvalue weighted by atomic mass is 16.2. The summed E-state index contributed by atoms with van der Waals surface area (Å²) in [5.74, 6) is -0.282. The van der Waals surface area contributed by atoms with Gasteiger partial charge in [0.15, 0.2) is 0 Å². The molecule has 126 valence electrons. The van der Waals surface area contributed by atoms with E-state index in [2.05, 4.69) is 15.6 Å². The summed E-state index contributed by atoms with van der Waals surface area (Å²) in [7, 11) is 0. The average Bonchev–Trinajstić information content (AvgIpc) is 2.78. The fourth-order valence-electron chi connectivity index (χ4n) is 3.30. The van der Waals surface area contributed by atoms with Crippen LogP contribution in [-0.4, -0.2) is 29.4 Å². The molecule has 0 radical (unpaired) electrons. The average molecular weight is 325 g/mol. The minimum absolute atomic E-state index is 0.0902. The van der Waals surface area contributed by atoms with Gasteiger partial charge in [-0.05, 0) is 44.2 Å². The number of carbonyl (C=O) groups excluding carboxylic acids is 2. The number of hydrogen-bond acceptors (Lipinski definition) is 3. The van der Waals surface area contributed by atoms with E-state index >= 15 is 0 Å². The van der Waals surface area contributed by atoms with Crippen molar-refractivity contribution in [3.8, 4) is 0 Å². The van der Waals surface area contributed by atoms with Crippen molar-refractivity contribution < 1.29 is 9.59 Å². The van der Waals surface area contributed by atoms with Crippen LogP contribution in [0.4, 0.5) is 0 Å². The summed E-state index contributed by atoms with van der Waals surface area (Å²) in [5.41, 5.74) is 3.26. The molecule has 24 heavy (non-hydrogen) atoms. The maximum atomic E-state index is 13.0. The van der Waals surface area contributed by atoms with Crippen molar-refractivity contribution >= 4 is 22.7 Å². The van der Waals surface area contributed by atoms with E-state index in [9.17, 15) is 9.59 Å². The Bertz CT molecular complexity index is 786. The topological polar surface area (TPSA) is 71.1 Å². The molecule has 0 saturated carbocycles. The van der Waals surface area contributed by atoms with E-state index in [-0.39, 0.29) is 11.8 Å². The molecule has 1 aliphatic rings. The molecule has 1 saturated heterocycles. The van der Waals surface area contributed by atoms with Gasteiger partial charge in [-0.1, -0.05) is 25.1 Å². The lowest BCUT2D eigenvalue weighted by Crippen LogP contribution is -2.45. The standard InChI is InChI=1S/C19H23N3O2/c1-3-14-12(2)17(13-8-4-5-9-15(13)21-14)19(24)22-16-10-6-7-11-20-18(16)23/h4-5,8-9,16H,3,6-7,10-11H2,1-2H3,(H,20,23)(H,22,24)/t16-/m0/s1. The second kappa shape index (κ2) is 6.99. The van der Waals surface area contributed by atoms with E-state index in [4.69, 9.17) is 0 Å². The molecule has 0 spiro atoms. The number of benzene rings is 1. The van der Waals surface area contributed by atoms with Gasteiger partial charge in [0.05, 0.1) is 11.1 Å². The van der Waals surface area contributed by atoms with Crippen molar-refractivity contribution in [1.82, 2.24) is 15.6 Å². The van der Waals surface area contributed by atoms with E-state index in [1.54, 1.807) is 0 Å². The molecular weight excluding hydrogens is 302 g/mol. The minimum Gasteiger partial charge on any atom is -0.354 e. The Morgan fingerprint density at radius 1 is 1.33 bits per heavy atom. The third-order valence-electron chi connectivity index (χ3n) is 4.64. The van der Waals surface area contributed by atoms with E-state index in [0.717, 1.165) is 41.4 Å². The molecule has 0 aliphatic carbocycles. The first-order valence-corrected chi connectivity index (χ1v) is 8.58. The molecule has 0 unspecified atom stereocenters. The van der Waals surface area contributed by atoms with Crippen LogP contribution in [0.15, 0.2) is 24.3 Å². The van der Waals surface area contributed by atoms with Gasteiger partial charge >= 0.3 is 0 Å². The molecule has 5 nitrogen and oxygen atoms in total. The third kappa shape index (κ3) is 3.11. The summed E-state index contributed by atoms with van der Waals surface area (Å²) in [6.07, 6.45) is 3.33. The smallest absolute Gasteiger partial charge is 0.252 e. The van der Waals surface area contributed by atoms with Crippen LogP contribution in [0.2, 0.25) is 0 Å². The van der Waals surface area contributed by atoms with Crippen LogP contribution in [0.1, 0.15) is 47.8 Å². The summed E-state index contributed by atoms with van der Waals surface area (Å²) in [6.45, 7) is 4.65. The predicted molar refractivity (Wildman–Crippen MR) is 94.0 cm³/mol. The molecule has 2 heterocycles. The lowest BCUT2D eigenvalue weighted by molar-refractivity contribution is -0.122. The van der Waals surface area contributed by atoms with E-state index in [0.29, 0.717) is 18.5 Å². The van der Waals surface area contributed by atoms with Gasteiger partial charge in [0.1, 0.15) is 6.04 Å². The molecule has 1 aromatic carbocycles. The number of hydrogen-bond donors (Lipinski definition) is 2. The molecule has 3 rings (SSSR count). The van der Waals surface area contributed by atoms with Crippen LogP contribution >= 0.6 is 0 Å². The first-order chi connectivity index (χ1) is 11.6. The molecule has 2 aromatic rings. The largest absolute Gasteiger partial charge is 0.354 e. The number of rotatable bonds is 3. The summed E-state index contributed by atoms with van der Waals surface area (Å²) >= 11 is 0. The van der Waals surface area contributed by atoms with Crippen LogP contribution in [0.3, 0.4) is 0 Å². The second-order valence-electron chi connectivity index (χ2n) is 6.24. The zero-order valence-corrected chi connectivity index (χ0v) is 14.2. The lowest BCUT2D eigenvalue weighted by Gasteiger charge is -2.18. The number of nitrogens with zero attached hydrogens (tertiary/aromatic N) is 1. The van der Waals surface area contributed by atoms with Crippen molar-refractivity contribution in [3.63, 3.8) is 0 Å². The Morgan fingerprint density at radius 2 is 2.12 bits per heavy atom. The number of aryl methyl sites for hydroxylation is 1. The molecule has 1 fully saturated rings. The maximum absolute atomic E-state index is 13.0. The van der Waals surface area contributed by atoms with Gasteiger partial charge in [-0.15, -0.1) is 0 Å². The highest BCUT2D eigenvalue weighted by molar-refractivity contribution is 6.08. The molecule has 1 aromatic heterocycles. The Labute approximate surface area is 141 Å². The van der Waals surface area contributed by atoms with Crippen molar-refractivity contribution in [2.75, 3.05) is 6.54 Å². The van der Waals surface area contributed by atoms with Gasteiger partial charge in [0.2, 0.25) is 5.91 Å². The van der Waals surface area contributed by atoms with E-state index in [1.807, 2.05) is 38.1 Å². The zero-order chi connectivity index (χ0) is 17.1. The minimum atomic E-state index is -0.462. The number of nitrogens with one attached hydrogen (secondary N) is 2. The lowest BCUT2D eigenvalue weighted by atomic mass is 9.99. The number of fused-ring (bicyclic) bond motifs is 1. The highest BCUT2D eigenvalue weighted by Gasteiger charge is 2.25. The van der Waals surface area contributed by atoms with Gasteiger partial charge in [-0.2, -0.15) is 0 Å². The number of amides is 2. The van der Waals surface area contributed by atoms with Crippen LogP contribution in [0, 0.1) is 6.92 Å². The SMILES string of the molecule is CCc1nc2ccccc2c(C(=O)N[C@H]2CCCCNC2=O)c1C.